The standard InChI is InChI=1S/C14H22F2N2O/c1-4-6-11(8-13(19)7-5-2)12-9-17-18(10-12)14(3,15)16/h9-11H,4-8H2,1-3H3. The Morgan fingerprint density at radius 2 is 2.11 bits per heavy atom. The van der Waals surface area contributed by atoms with Crippen LogP contribution >= 0.6 is 0 Å². The molecule has 1 aromatic rings. The van der Waals surface area contributed by atoms with Crippen LogP contribution in [0, 0.1) is 0 Å². The minimum Gasteiger partial charge on any atom is -0.300 e. The molecule has 19 heavy (non-hydrogen) atoms. The zero-order valence-electron chi connectivity index (χ0n) is 11.8. The summed E-state index contributed by atoms with van der Waals surface area (Å²) in [5.74, 6) is 0.192. The Hall–Kier alpha value is -1.26. The van der Waals surface area contributed by atoms with Gasteiger partial charge in [0.1, 0.15) is 5.78 Å². The lowest BCUT2D eigenvalue weighted by atomic mass is 9.91. The van der Waals surface area contributed by atoms with Crippen molar-refractivity contribution in [3.05, 3.63) is 18.0 Å². The summed E-state index contributed by atoms with van der Waals surface area (Å²) in [4.78, 5) is 11.7. The fourth-order valence-electron chi connectivity index (χ4n) is 2.15. The van der Waals surface area contributed by atoms with Crippen molar-refractivity contribution in [3.63, 3.8) is 0 Å². The smallest absolute Gasteiger partial charge is 0.300 e. The molecule has 0 amide bonds. The van der Waals surface area contributed by atoms with Crippen molar-refractivity contribution >= 4 is 5.78 Å². The zero-order valence-corrected chi connectivity index (χ0v) is 11.8. The van der Waals surface area contributed by atoms with Gasteiger partial charge in [0.15, 0.2) is 0 Å². The van der Waals surface area contributed by atoms with E-state index in [1.54, 1.807) is 0 Å². The van der Waals surface area contributed by atoms with Gasteiger partial charge in [-0.2, -0.15) is 13.9 Å². The fourth-order valence-corrected chi connectivity index (χ4v) is 2.15. The average molecular weight is 272 g/mol. The highest BCUT2D eigenvalue weighted by atomic mass is 19.3. The Kier molecular flexibility index (Phi) is 5.63. The van der Waals surface area contributed by atoms with Crippen molar-refractivity contribution in [2.75, 3.05) is 0 Å². The molecular formula is C14H22F2N2O. The Morgan fingerprint density at radius 3 is 2.58 bits per heavy atom. The molecule has 3 nitrogen and oxygen atoms in total. The van der Waals surface area contributed by atoms with E-state index >= 15 is 0 Å². The van der Waals surface area contributed by atoms with E-state index < -0.39 is 6.05 Å². The van der Waals surface area contributed by atoms with Crippen molar-refractivity contribution in [1.29, 1.82) is 0 Å². The Morgan fingerprint density at radius 1 is 1.42 bits per heavy atom. The van der Waals surface area contributed by atoms with Gasteiger partial charge >= 0.3 is 6.05 Å². The SMILES string of the molecule is CCCC(=O)CC(CCC)c1cnn(C(C)(F)F)c1. The number of hydrogen-bond donors (Lipinski definition) is 0. The number of alkyl halides is 2. The van der Waals surface area contributed by atoms with Gasteiger partial charge in [-0.1, -0.05) is 20.3 Å². The van der Waals surface area contributed by atoms with Crippen molar-refractivity contribution < 1.29 is 13.6 Å². The van der Waals surface area contributed by atoms with Gasteiger partial charge in [0.05, 0.1) is 6.20 Å². The molecule has 0 aliphatic carbocycles. The average Bonchev–Trinajstić information content (AvgIpc) is 2.77. The van der Waals surface area contributed by atoms with E-state index in [1.807, 2.05) is 13.8 Å². The summed E-state index contributed by atoms with van der Waals surface area (Å²) in [6.45, 7) is 4.79. The van der Waals surface area contributed by atoms with Crippen molar-refractivity contribution in [2.24, 2.45) is 0 Å². The van der Waals surface area contributed by atoms with Gasteiger partial charge in [0, 0.05) is 26.0 Å². The number of Topliss-reactive ketones (excluding diaryl/α,β-unsaturated/α-hetero) is 1. The summed E-state index contributed by atoms with van der Waals surface area (Å²) >= 11 is 0. The normalized spacial score (nSPS) is 13.5. The lowest BCUT2D eigenvalue weighted by Gasteiger charge is -2.14. The van der Waals surface area contributed by atoms with Crippen LogP contribution in [0.4, 0.5) is 8.78 Å². The predicted octanol–water partition coefficient (Wildman–Crippen LogP) is 4.10. The molecule has 1 aromatic heterocycles. The molecule has 5 heteroatoms. The van der Waals surface area contributed by atoms with E-state index in [-0.39, 0.29) is 11.7 Å². The van der Waals surface area contributed by atoms with E-state index in [4.69, 9.17) is 0 Å². The molecule has 0 aliphatic rings. The van der Waals surface area contributed by atoms with Gasteiger partial charge in [0.2, 0.25) is 0 Å². The quantitative estimate of drug-likeness (QED) is 0.714. The maximum atomic E-state index is 13.1. The summed E-state index contributed by atoms with van der Waals surface area (Å²) in [6.07, 6.45) is 6.34. The summed E-state index contributed by atoms with van der Waals surface area (Å²) in [5.41, 5.74) is 0.729. The van der Waals surface area contributed by atoms with E-state index in [9.17, 15) is 13.6 Å². The molecule has 1 atom stereocenters. The maximum absolute atomic E-state index is 13.1. The predicted molar refractivity (Wildman–Crippen MR) is 70.3 cm³/mol. The van der Waals surface area contributed by atoms with Crippen LogP contribution in [0.5, 0.6) is 0 Å². The Balaban J connectivity index is 2.81. The summed E-state index contributed by atoms with van der Waals surface area (Å²) in [6, 6.07) is -3.00. The number of ketones is 1. The highest BCUT2D eigenvalue weighted by Crippen LogP contribution is 2.28. The van der Waals surface area contributed by atoms with E-state index in [2.05, 4.69) is 5.10 Å². The second-order valence-electron chi connectivity index (χ2n) is 5.04. The van der Waals surface area contributed by atoms with E-state index in [0.717, 1.165) is 31.7 Å². The summed E-state index contributed by atoms with van der Waals surface area (Å²) < 4.78 is 26.9. The third-order valence-corrected chi connectivity index (χ3v) is 3.12. The number of hydrogen-bond acceptors (Lipinski definition) is 2. The van der Waals surface area contributed by atoms with Crippen LogP contribution in [0.1, 0.15) is 64.4 Å². The Bertz CT molecular complexity index is 410. The molecule has 0 aromatic carbocycles. The van der Waals surface area contributed by atoms with Crippen LogP contribution in [0.15, 0.2) is 12.4 Å². The molecule has 1 rings (SSSR count). The molecule has 0 aliphatic heterocycles. The zero-order chi connectivity index (χ0) is 14.5. The molecule has 0 saturated heterocycles. The van der Waals surface area contributed by atoms with Crippen LogP contribution in [-0.4, -0.2) is 15.6 Å². The number of aromatic nitrogens is 2. The third-order valence-electron chi connectivity index (χ3n) is 3.12. The van der Waals surface area contributed by atoms with Crippen molar-refractivity contribution in [3.8, 4) is 0 Å². The van der Waals surface area contributed by atoms with Crippen LogP contribution in [-0.2, 0) is 10.8 Å². The second kappa shape index (κ2) is 6.78. The van der Waals surface area contributed by atoms with Crippen molar-refractivity contribution in [1.82, 2.24) is 9.78 Å². The van der Waals surface area contributed by atoms with Gasteiger partial charge in [-0.3, -0.25) is 4.79 Å². The summed E-state index contributed by atoms with van der Waals surface area (Å²) in [7, 11) is 0. The highest BCUT2D eigenvalue weighted by molar-refractivity contribution is 5.79. The van der Waals surface area contributed by atoms with Crippen LogP contribution in [0.25, 0.3) is 0 Å². The van der Waals surface area contributed by atoms with Crippen molar-refractivity contribution in [2.45, 2.75) is 64.8 Å². The molecule has 0 saturated carbocycles. The van der Waals surface area contributed by atoms with Gasteiger partial charge in [-0.05, 0) is 24.3 Å². The molecule has 0 fully saturated rings. The molecular weight excluding hydrogens is 250 g/mol. The lowest BCUT2D eigenvalue weighted by Crippen LogP contribution is -2.18. The van der Waals surface area contributed by atoms with Crippen LogP contribution < -0.4 is 0 Å². The Labute approximate surface area is 113 Å². The highest BCUT2D eigenvalue weighted by Gasteiger charge is 2.26. The second-order valence-corrected chi connectivity index (χ2v) is 5.04. The number of nitrogens with zero attached hydrogens (tertiary/aromatic N) is 2. The van der Waals surface area contributed by atoms with Crippen LogP contribution in [0.3, 0.4) is 0 Å². The molecule has 0 N–H and O–H groups in total. The lowest BCUT2D eigenvalue weighted by molar-refractivity contribution is -0.119. The minimum atomic E-state index is -3.00. The van der Waals surface area contributed by atoms with Crippen LogP contribution in [0.2, 0.25) is 0 Å². The van der Waals surface area contributed by atoms with Gasteiger partial charge < -0.3 is 0 Å². The largest absolute Gasteiger partial charge is 0.340 e. The molecule has 1 unspecified atom stereocenters. The molecule has 0 radical (unpaired) electrons. The van der Waals surface area contributed by atoms with Gasteiger partial charge in [-0.25, -0.2) is 4.68 Å². The molecule has 1 heterocycles. The molecule has 0 bridgehead atoms. The van der Waals surface area contributed by atoms with Gasteiger partial charge in [0.25, 0.3) is 0 Å². The van der Waals surface area contributed by atoms with E-state index in [1.165, 1.54) is 12.4 Å². The first-order chi connectivity index (χ1) is 8.88. The number of halogens is 2. The topological polar surface area (TPSA) is 34.9 Å². The summed E-state index contributed by atoms with van der Waals surface area (Å²) in [5, 5.41) is 3.70. The fraction of sp³-hybridized carbons (Fsp3) is 0.714. The number of rotatable bonds is 8. The number of carbonyl (C=O) groups excluding carboxylic acids is 1. The third kappa shape index (κ3) is 4.73. The first-order valence-electron chi connectivity index (χ1n) is 6.83. The van der Waals surface area contributed by atoms with E-state index in [0.29, 0.717) is 17.5 Å². The number of carbonyl (C=O) groups is 1. The molecule has 0 spiro atoms. The van der Waals surface area contributed by atoms with Gasteiger partial charge in [-0.15, -0.1) is 0 Å². The first-order valence-corrected chi connectivity index (χ1v) is 6.83. The maximum Gasteiger partial charge on any atom is 0.340 e. The first kappa shape index (κ1) is 15.8. The minimum absolute atomic E-state index is 0.000139. The molecule has 108 valence electrons. The monoisotopic (exact) mass is 272 g/mol.